The SMILES string of the molecule is CNC(c1occc1C)c1cccc2ccncc12. The molecule has 0 aliphatic heterocycles. The molecule has 2 aromatic heterocycles. The van der Waals surface area contributed by atoms with Gasteiger partial charge in [0, 0.05) is 17.8 Å². The Morgan fingerprint density at radius 2 is 2.11 bits per heavy atom. The summed E-state index contributed by atoms with van der Waals surface area (Å²) >= 11 is 0. The number of benzene rings is 1. The van der Waals surface area contributed by atoms with Crippen LogP contribution in [0.25, 0.3) is 10.8 Å². The van der Waals surface area contributed by atoms with Gasteiger partial charge in [-0.15, -0.1) is 0 Å². The minimum Gasteiger partial charge on any atom is -0.467 e. The molecule has 0 bridgehead atoms. The van der Waals surface area contributed by atoms with Crippen LogP contribution in [0.1, 0.15) is 22.9 Å². The number of nitrogens with zero attached hydrogens (tertiary/aromatic N) is 1. The van der Waals surface area contributed by atoms with Crippen LogP contribution in [0, 0.1) is 6.92 Å². The van der Waals surface area contributed by atoms with E-state index in [1.54, 1.807) is 6.26 Å². The lowest BCUT2D eigenvalue weighted by Crippen LogP contribution is -2.18. The minimum atomic E-state index is 0.0444. The van der Waals surface area contributed by atoms with E-state index in [1.165, 1.54) is 10.9 Å². The molecule has 0 aliphatic carbocycles. The number of rotatable bonds is 3. The third-order valence-corrected chi connectivity index (χ3v) is 3.48. The number of furan rings is 1. The molecule has 3 heteroatoms. The summed E-state index contributed by atoms with van der Waals surface area (Å²) in [6.07, 6.45) is 5.46. The Balaban J connectivity index is 2.20. The Kier molecular flexibility index (Phi) is 3.05. The molecular formula is C16H16N2O. The van der Waals surface area contributed by atoms with Crippen LogP contribution in [0.3, 0.4) is 0 Å². The maximum absolute atomic E-state index is 5.64. The number of hydrogen-bond donors (Lipinski definition) is 1. The van der Waals surface area contributed by atoms with Gasteiger partial charge in [0.05, 0.1) is 12.3 Å². The third kappa shape index (κ3) is 2.02. The molecule has 0 fully saturated rings. The first kappa shape index (κ1) is 11.9. The predicted molar refractivity (Wildman–Crippen MR) is 76.1 cm³/mol. The van der Waals surface area contributed by atoms with E-state index < -0.39 is 0 Å². The van der Waals surface area contributed by atoms with Crippen molar-refractivity contribution >= 4 is 10.8 Å². The molecule has 0 spiro atoms. The van der Waals surface area contributed by atoms with Crippen LogP contribution >= 0.6 is 0 Å². The highest BCUT2D eigenvalue weighted by Crippen LogP contribution is 2.30. The minimum absolute atomic E-state index is 0.0444. The summed E-state index contributed by atoms with van der Waals surface area (Å²) in [6, 6.07) is 10.3. The molecule has 1 N–H and O–H groups in total. The van der Waals surface area contributed by atoms with Gasteiger partial charge in [-0.25, -0.2) is 0 Å². The molecule has 0 aliphatic rings. The van der Waals surface area contributed by atoms with Crippen molar-refractivity contribution in [3.8, 4) is 0 Å². The number of aryl methyl sites for hydroxylation is 1. The summed E-state index contributed by atoms with van der Waals surface area (Å²) in [7, 11) is 1.95. The Morgan fingerprint density at radius 1 is 1.21 bits per heavy atom. The van der Waals surface area contributed by atoms with E-state index in [4.69, 9.17) is 4.42 Å². The van der Waals surface area contributed by atoms with E-state index in [1.807, 2.05) is 31.6 Å². The lowest BCUT2D eigenvalue weighted by atomic mass is 9.97. The van der Waals surface area contributed by atoms with Crippen molar-refractivity contribution in [2.75, 3.05) is 7.05 Å². The van der Waals surface area contributed by atoms with Crippen LogP contribution in [-0.4, -0.2) is 12.0 Å². The highest BCUT2D eigenvalue weighted by atomic mass is 16.3. The number of pyridine rings is 1. The zero-order chi connectivity index (χ0) is 13.2. The first-order valence-corrected chi connectivity index (χ1v) is 6.35. The summed E-state index contributed by atoms with van der Waals surface area (Å²) in [5.74, 6) is 0.957. The van der Waals surface area contributed by atoms with Gasteiger partial charge in [-0.2, -0.15) is 0 Å². The summed E-state index contributed by atoms with van der Waals surface area (Å²) in [4.78, 5) is 4.24. The highest BCUT2D eigenvalue weighted by Gasteiger charge is 2.19. The van der Waals surface area contributed by atoms with Gasteiger partial charge in [0.1, 0.15) is 5.76 Å². The second kappa shape index (κ2) is 4.86. The predicted octanol–water partition coefficient (Wildman–Crippen LogP) is 3.45. The van der Waals surface area contributed by atoms with Crippen molar-refractivity contribution in [2.24, 2.45) is 0 Å². The summed E-state index contributed by atoms with van der Waals surface area (Å²) in [6.45, 7) is 2.06. The van der Waals surface area contributed by atoms with Crippen molar-refractivity contribution in [3.63, 3.8) is 0 Å². The lowest BCUT2D eigenvalue weighted by Gasteiger charge is -2.17. The normalized spacial score (nSPS) is 12.7. The van der Waals surface area contributed by atoms with Crippen LogP contribution in [-0.2, 0) is 0 Å². The van der Waals surface area contributed by atoms with Crippen LogP contribution in [0.2, 0.25) is 0 Å². The zero-order valence-electron chi connectivity index (χ0n) is 11.1. The van der Waals surface area contributed by atoms with E-state index >= 15 is 0 Å². The molecule has 1 atom stereocenters. The molecule has 2 heterocycles. The molecule has 0 radical (unpaired) electrons. The van der Waals surface area contributed by atoms with Crippen LogP contribution in [0.4, 0.5) is 0 Å². The van der Waals surface area contributed by atoms with Crippen molar-refractivity contribution in [1.29, 1.82) is 0 Å². The van der Waals surface area contributed by atoms with Crippen molar-refractivity contribution in [2.45, 2.75) is 13.0 Å². The molecule has 1 unspecified atom stereocenters. The van der Waals surface area contributed by atoms with Gasteiger partial charge in [-0.3, -0.25) is 4.98 Å². The number of aromatic nitrogens is 1. The van der Waals surface area contributed by atoms with Crippen molar-refractivity contribution in [1.82, 2.24) is 10.3 Å². The van der Waals surface area contributed by atoms with Gasteiger partial charge >= 0.3 is 0 Å². The summed E-state index contributed by atoms with van der Waals surface area (Å²) < 4.78 is 5.64. The van der Waals surface area contributed by atoms with Crippen LogP contribution < -0.4 is 5.32 Å². The van der Waals surface area contributed by atoms with E-state index in [-0.39, 0.29) is 6.04 Å². The molecule has 0 saturated carbocycles. The van der Waals surface area contributed by atoms with E-state index in [0.717, 1.165) is 16.7 Å². The molecule has 0 amide bonds. The Hall–Kier alpha value is -2.13. The lowest BCUT2D eigenvalue weighted by molar-refractivity contribution is 0.461. The summed E-state index contributed by atoms with van der Waals surface area (Å²) in [5, 5.41) is 5.68. The third-order valence-electron chi connectivity index (χ3n) is 3.48. The van der Waals surface area contributed by atoms with Crippen molar-refractivity contribution in [3.05, 3.63) is 65.9 Å². The fraction of sp³-hybridized carbons (Fsp3) is 0.188. The molecule has 3 nitrogen and oxygen atoms in total. The monoisotopic (exact) mass is 252 g/mol. The van der Waals surface area contributed by atoms with Crippen LogP contribution in [0.15, 0.2) is 53.4 Å². The Morgan fingerprint density at radius 3 is 2.84 bits per heavy atom. The fourth-order valence-electron chi connectivity index (χ4n) is 2.50. The standard InChI is InChI=1S/C16H16N2O/c1-11-7-9-19-16(11)15(17-2)13-5-3-4-12-6-8-18-10-14(12)13/h3-10,15,17H,1-2H3. The Labute approximate surface area is 112 Å². The zero-order valence-corrected chi connectivity index (χ0v) is 11.1. The first-order valence-electron chi connectivity index (χ1n) is 6.35. The average molecular weight is 252 g/mol. The molecule has 19 heavy (non-hydrogen) atoms. The van der Waals surface area contributed by atoms with Gasteiger partial charge in [0.15, 0.2) is 0 Å². The largest absolute Gasteiger partial charge is 0.467 e. The van der Waals surface area contributed by atoms with Crippen LogP contribution in [0.5, 0.6) is 0 Å². The van der Waals surface area contributed by atoms with Gasteiger partial charge in [0.2, 0.25) is 0 Å². The second-order valence-electron chi connectivity index (χ2n) is 4.63. The number of nitrogens with one attached hydrogen (secondary N) is 1. The molecule has 0 saturated heterocycles. The smallest absolute Gasteiger partial charge is 0.128 e. The molecule has 3 rings (SSSR count). The van der Waals surface area contributed by atoms with E-state index in [2.05, 4.69) is 35.4 Å². The van der Waals surface area contributed by atoms with Gasteiger partial charge in [0.25, 0.3) is 0 Å². The molecule has 1 aromatic carbocycles. The highest BCUT2D eigenvalue weighted by molar-refractivity contribution is 5.85. The van der Waals surface area contributed by atoms with Gasteiger partial charge in [-0.05, 0) is 42.6 Å². The average Bonchev–Trinajstić information content (AvgIpc) is 2.86. The Bertz CT molecular complexity index is 697. The number of fused-ring (bicyclic) bond motifs is 1. The maximum Gasteiger partial charge on any atom is 0.128 e. The second-order valence-corrected chi connectivity index (χ2v) is 4.63. The van der Waals surface area contributed by atoms with E-state index in [9.17, 15) is 0 Å². The molecule has 96 valence electrons. The molecule has 3 aromatic rings. The maximum atomic E-state index is 5.64. The quantitative estimate of drug-likeness (QED) is 0.776. The number of hydrogen-bond acceptors (Lipinski definition) is 3. The first-order chi connectivity index (χ1) is 9.31. The van der Waals surface area contributed by atoms with Gasteiger partial charge < -0.3 is 9.73 Å². The van der Waals surface area contributed by atoms with E-state index in [0.29, 0.717) is 0 Å². The van der Waals surface area contributed by atoms with Crippen molar-refractivity contribution < 1.29 is 4.42 Å². The topological polar surface area (TPSA) is 38.1 Å². The fourth-order valence-corrected chi connectivity index (χ4v) is 2.50. The van der Waals surface area contributed by atoms with Gasteiger partial charge in [-0.1, -0.05) is 18.2 Å². The molecular weight excluding hydrogens is 236 g/mol. The summed E-state index contributed by atoms with van der Waals surface area (Å²) in [5.41, 5.74) is 2.34.